The fourth-order valence-corrected chi connectivity index (χ4v) is 2.30. The van der Waals surface area contributed by atoms with Gasteiger partial charge < -0.3 is 5.73 Å². The Morgan fingerprint density at radius 2 is 2.22 bits per heavy atom. The zero-order valence-electron chi connectivity index (χ0n) is 9.98. The number of aromatic nitrogens is 3. The van der Waals surface area contributed by atoms with Crippen LogP contribution in [0.1, 0.15) is 30.6 Å². The maximum absolute atomic E-state index is 13.4. The number of nitrogens with two attached hydrogens (primary N) is 1. The Balaban J connectivity index is 2.34. The second-order valence-electron chi connectivity index (χ2n) is 4.06. The summed E-state index contributed by atoms with van der Waals surface area (Å²) in [5.74, 6) is -0.315. The van der Waals surface area contributed by atoms with Gasteiger partial charge in [-0.3, -0.25) is 0 Å². The van der Waals surface area contributed by atoms with E-state index in [1.54, 1.807) is 16.9 Å². The fraction of sp³-hybridized carbons (Fsp3) is 0.333. The predicted molar refractivity (Wildman–Crippen MR) is 70.4 cm³/mol. The number of nitrogens with zero attached hydrogens (tertiary/aromatic N) is 3. The molecule has 1 aromatic carbocycles. The summed E-state index contributed by atoms with van der Waals surface area (Å²) in [5, 5.41) is 7.84. The van der Waals surface area contributed by atoms with Crippen molar-refractivity contribution in [2.75, 3.05) is 0 Å². The molecule has 0 aliphatic rings. The van der Waals surface area contributed by atoms with Crippen molar-refractivity contribution in [2.45, 2.75) is 25.9 Å². The smallest absolute Gasteiger partial charge is 0.124 e. The van der Waals surface area contributed by atoms with Gasteiger partial charge in [-0.1, -0.05) is 28.1 Å². The lowest BCUT2D eigenvalue weighted by Crippen LogP contribution is -2.17. The van der Waals surface area contributed by atoms with E-state index in [1.807, 2.05) is 0 Å². The molecule has 0 saturated carbocycles. The van der Waals surface area contributed by atoms with Gasteiger partial charge in [-0.2, -0.15) is 0 Å². The Kier molecular flexibility index (Phi) is 4.08. The highest BCUT2D eigenvalue weighted by Gasteiger charge is 2.15. The number of halogens is 2. The van der Waals surface area contributed by atoms with E-state index in [4.69, 9.17) is 5.73 Å². The van der Waals surface area contributed by atoms with Gasteiger partial charge >= 0.3 is 0 Å². The monoisotopic (exact) mass is 312 g/mol. The summed E-state index contributed by atoms with van der Waals surface area (Å²) >= 11 is 3.26. The summed E-state index contributed by atoms with van der Waals surface area (Å²) in [6, 6.07) is 4.20. The SMILES string of the molecule is CCCn1nncc1C(N)c1cc(F)cc(Br)c1. The van der Waals surface area contributed by atoms with Gasteiger partial charge in [0.15, 0.2) is 0 Å². The molecule has 0 bridgehead atoms. The molecule has 2 aromatic rings. The molecule has 18 heavy (non-hydrogen) atoms. The van der Waals surface area contributed by atoms with Gasteiger partial charge in [-0.15, -0.1) is 5.10 Å². The summed E-state index contributed by atoms with van der Waals surface area (Å²) in [4.78, 5) is 0. The van der Waals surface area contributed by atoms with E-state index in [1.165, 1.54) is 12.1 Å². The van der Waals surface area contributed by atoms with Gasteiger partial charge in [0.1, 0.15) is 5.82 Å². The molecule has 0 spiro atoms. The van der Waals surface area contributed by atoms with Crippen LogP contribution in [0.5, 0.6) is 0 Å². The van der Waals surface area contributed by atoms with Crippen molar-refractivity contribution in [3.63, 3.8) is 0 Å². The Bertz CT molecular complexity index is 520. The van der Waals surface area contributed by atoms with E-state index in [0.29, 0.717) is 10.0 Å². The first-order valence-electron chi connectivity index (χ1n) is 5.71. The zero-order valence-corrected chi connectivity index (χ0v) is 11.6. The zero-order chi connectivity index (χ0) is 13.1. The lowest BCUT2D eigenvalue weighted by molar-refractivity contribution is 0.542. The van der Waals surface area contributed by atoms with Gasteiger partial charge in [0.05, 0.1) is 17.9 Å². The quantitative estimate of drug-likeness (QED) is 0.944. The van der Waals surface area contributed by atoms with E-state index >= 15 is 0 Å². The summed E-state index contributed by atoms with van der Waals surface area (Å²) in [7, 11) is 0. The third-order valence-corrected chi connectivity index (χ3v) is 3.10. The van der Waals surface area contributed by atoms with Gasteiger partial charge in [0.25, 0.3) is 0 Å². The van der Waals surface area contributed by atoms with E-state index in [9.17, 15) is 4.39 Å². The highest BCUT2D eigenvalue weighted by molar-refractivity contribution is 9.10. The van der Waals surface area contributed by atoms with Crippen LogP contribution in [0.3, 0.4) is 0 Å². The minimum Gasteiger partial charge on any atom is -0.319 e. The van der Waals surface area contributed by atoms with Gasteiger partial charge in [-0.25, -0.2) is 9.07 Å². The van der Waals surface area contributed by atoms with Crippen LogP contribution >= 0.6 is 15.9 Å². The lowest BCUT2D eigenvalue weighted by atomic mass is 10.1. The number of hydrogen-bond donors (Lipinski definition) is 1. The van der Waals surface area contributed by atoms with Crippen LogP contribution in [-0.4, -0.2) is 15.0 Å². The van der Waals surface area contributed by atoms with Gasteiger partial charge in [0.2, 0.25) is 0 Å². The van der Waals surface area contributed by atoms with E-state index in [-0.39, 0.29) is 5.82 Å². The van der Waals surface area contributed by atoms with Crippen molar-refractivity contribution in [3.05, 3.63) is 45.9 Å². The third-order valence-electron chi connectivity index (χ3n) is 2.65. The molecule has 1 aromatic heterocycles. The molecule has 1 atom stereocenters. The average molecular weight is 313 g/mol. The van der Waals surface area contributed by atoms with Crippen molar-refractivity contribution < 1.29 is 4.39 Å². The first-order valence-corrected chi connectivity index (χ1v) is 6.51. The van der Waals surface area contributed by atoms with Gasteiger partial charge in [0, 0.05) is 11.0 Å². The standard InChI is InChI=1S/C12H14BrFN4/c1-2-3-18-11(7-16-17-18)12(15)8-4-9(13)6-10(14)5-8/h4-7,12H,2-3,15H2,1H3. The molecule has 2 N–H and O–H groups in total. The Morgan fingerprint density at radius 3 is 2.89 bits per heavy atom. The number of rotatable bonds is 4. The third kappa shape index (κ3) is 2.76. The molecular weight excluding hydrogens is 299 g/mol. The normalized spacial score (nSPS) is 12.7. The highest BCUT2D eigenvalue weighted by Crippen LogP contribution is 2.23. The highest BCUT2D eigenvalue weighted by atomic mass is 79.9. The molecule has 96 valence electrons. The van der Waals surface area contributed by atoms with Crippen LogP contribution in [0.15, 0.2) is 28.9 Å². The predicted octanol–water partition coefficient (Wildman–Crippen LogP) is 2.64. The minimum absolute atomic E-state index is 0.315. The van der Waals surface area contributed by atoms with E-state index < -0.39 is 6.04 Å². The van der Waals surface area contributed by atoms with Crippen molar-refractivity contribution in [1.29, 1.82) is 0 Å². The fourth-order valence-electron chi connectivity index (χ4n) is 1.82. The molecule has 0 aliphatic heterocycles. The van der Waals surface area contributed by atoms with Crippen LogP contribution in [0.2, 0.25) is 0 Å². The lowest BCUT2D eigenvalue weighted by Gasteiger charge is -2.13. The molecule has 6 heteroatoms. The Labute approximate surface area is 113 Å². The van der Waals surface area contributed by atoms with Gasteiger partial charge in [-0.05, 0) is 30.2 Å². The maximum Gasteiger partial charge on any atom is 0.124 e. The Morgan fingerprint density at radius 1 is 1.44 bits per heavy atom. The summed E-state index contributed by atoms with van der Waals surface area (Å²) in [6.45, 7) is 2.80. The van der Waals surface area contributed by atoms with Crippen molar-refractivity contribution in [2.24, 2.45) is 5.73 Å². The Hall–Kier alpha value is -1.27. The number of aryl methyl sites for hydroxylation is 1. The number of hydrogen-bond acceptors (Lipinski definition) is 3. The molecule has 0 fully saturated rings. The summed E-state index contributed by atoms with van der Waals surface area (Å²) in [5.41, 5.74) is 7.62. The molecule has 0 amide bonds. The number of benzene rings is 1. The van der Waals surface area contributed by atoms with Crippen LogP contribution in [0.4, 0.5) is 4.39 Å². The van der Waals surface area contributed by atoms with E-state index in [2.05, 4.69) is 33.2 Å². The molecule has 0 aliphatic carbocycles. The van der Waals surface area contributed by atoms with Crippen LogP contribution in [0.25, 0.3) is 0 Å². The topological polar surface area (TPSA) is 56.7 Å². The van der Waals surface area contributed by atoms with Crippen LogP contribution in [0, 0.1) is 5.82 Å². The largest absolute Gasteiger partial charge is 0.319 e. The second-order valence-corrected chi connectivity index (χ2v) is 4.98. The molecule has 0 saturated heterocycles. The first kappa shape index (κ1) is 13.2. The summed E-state index contributed by atoms with van der Waals surface area (Å²) < 4.78 is 15.8. The minimum atomic E-state index is -0.432. The van der Waals surface area contributed by atoms with Crippen LogP contribution in [-0.2, 0) is 6.54 Å². The molecule has 4 nitrogen and oxygen atoms in total. The molecule has 1 unspecified atom stereocenters. The molecular formula is C12H14BrFN4. The summed E-state index contributed by atoms with van der Waals surface area (Å²) in [6.07, 6.45) is 2.56. The maximum atomic E-state index is 13.4. The van der Waals surface area contributed by atoms with Crippen LogP contribution < -0.4 is 5.73 Å². The molecule has 1 heterocycles. The van der Waals surface area contributed by atoms with Crippen molar-refractivity contribution in [1.82, 2.24) is 15.0 Å². The van der Waals surface area contributed by atoms with E-state index in [0.717, 1.165) is 18.7 Å². The first-order chi connectivity index (χ1) is 8.61. The van der Waals surface area contributed by atoms with Crippen molar-refractivity contribution in [3.8, 4) is 0 Å². The second kappa shape index (κ2) is 5.58. The average Bonchev–Trinajstić information content (AvgIpc) is 2.75. The molecule has 0 radical (unpaired) electrons. The van der Waals surface area contributed by atoms with Crippen molar-refractivity contribution >= 4 is 15.9 Å². The molecule has 2 rings (SSSR count).